The number of epoxide rings is 1. The number of hydrogen-bond donors (Lipinski definition) is 5. The molecule has 1 aliphatic rings. The monoisotopic (exact) mass is 238 g/mol. The van der Waals surface area contributed by atoms with Gasteiger partial charge >= 0.3 is 0 Å². The van der Waals surface area contributed by atoms with Gasteiger partial charge in [0.15, 0.2) is 0 Å². The zero-order valence-electron chi connectivity index (χ0n) is 8.77. The molecule has 1 fully saturated rings. The van der Waals surface area contributed by atoms with Crippen molar-refractivity contribution in [3.63, 3.8) is 0 Å². The zero-order chi connectivity index (χ0) is 12.1. The van der Waals surface area contributed by atoms with Gasteiger partial charge in [-0.1, -0.05) is 0 Å². The highest BCUT2D eigenvalue weighted by atomic mass is 16.6. The van der Waals surface area contributed by atoms with E-state index in [0.29, 0.717) is 13.2 Å². The van der Waals surface area contributed by atoms with Gasteiger partial charge in [-0.15, -0.1) is 0 Å². The van der Waals surface area contributed by atoms with Crippen LogP contribution in [0.1, 0.15) is 0 Å². The van der Waals surface area contributed by atoms with Crippen LogP contribution in [0.25, 0.3) is 0 Å². The quantitative estimate of drug-likeness (QED) is 0.283. The van der Waals surface area contributed by atoms with Crippen molar-refractivity contribution >= 4 is 0 Å². The molecule has 0 saturated carbocycles. The Kier molecular flexibility index (Phi) is 5.56. The summed E-state index contributed by atoms with van der Waals surface area (Å²) in [5.41, 5.74) is 0. The molecule has 7 nitrogen and oxygen atoms in total. The molecule has 16 heavy (non-hydrogen) atoms. The van der Waals surface area contributed by atoms with E-state index in [0.717, 1.165) is 0 Å². The smallest absolute Gasteiger partial charge is 0.111 e. The first-order valence-corrected chi connectivity index (χ1v) is 5.08. The minimum atomic E-state index is -1.61. The van der Waals surface area contributed by atoms with Crippen LogP contribution in [0.3, 0.4) is 0 Å². The van der Waals surface area contributed by atoms with Crippen molar-refractivity contribution < 1.29 is 35.0 Å². The van der Waals surface area contributed by atoms with E-state index in [1.165, 1.54) is 0 Å². The lowest BCUT2D eigenvalue weighted by Crippen LogP contribution is -2.47. The number of ether oxygens (including phenoxy) is 2. The van der Waals surface area contributed by atoms with Crippen LogP contribution in [0.2, 0.25) is 0 Å². The van der Waals surface area contributed by atoms with Crippen LogP contribution < -0.4 is 0 Å². The Morgan fingerprint density at radius 2 is 1.69 bits per heavy atom. The predicted octanol–water partition coefficient (Wildman–Crippen LogP) is -3.16. The molecule has 5 atom stereocenters. The Morgan fingerprint density at radius 1 is 1.12 bits per heavy atom. The van der Waals surface area contributed by atoms with E-state index in [-0.39, 0.29) is 12.7 Å². The van der Waals surface area contributed by atoms with E-state index >= 15 is 0 Å². The highest BCUT2D eigenvalue weighted by molar-refractivity contribution is 4.80. The largest absolute Gasteiger partial charge is 0.394 e. The fourth-order valence-corrected chi connectivity index (χ4v) is 1.15. The van der Waals surface area contributed by atoms with E-state index in [4.69, 9.17) is 19.7 Å². The van der Waals surface area contributed by atoms with Gasteiger partial charge in [-0.25, -0.2) is 0 Å². The maximum Gasteiger partial charge on any atom is 0.111 e. The zero-order valence-corrected chi connectivity index (χ0v) is 8.77. The topological polar surface area (TPSA) is 123 Å². The summed E-state index contributed by atoms with van der Waals surface area (Å²) < 4.78 is 9.88. The minimum absolute atomic E-state index is 0.0531. The third kappa shape index (κ3) is 4.30. The van der Waals surface area contributed by atoms with E-state index in [9.17, 15) is 15.3 Å². The van der Waals surface area contributed by atoms with Gasteiger partial charge in [0.05, 0.1) is 26.4 Å². The van der Waals surface area contributed by atoms with Crippen molar-refractivity contribution in [2.45, 2.75) is 30.5 Å². The van der Waals surface area contributed by atoms with Gasteiger partial charge in [0.25, 0.3) is 0 Å². The van der Waals surface area contributed by atoms with Crippen LogP contribution in [0.15, 0.2) is 0 Å². The van der Waals surface area contributed by atoms with Crippen LogP contribution in [-0.4, -0.2) is 82.5 Å². The van der Waals surface area contributed by atoms with Crippen molar-refractivity contribution in [3.8, 4) is 0 Å². The molecule has 1 heterocycles. The van der Waals surface area contributed by atoms with Crippen molar-refractivity contribution in [1.82, 2.24) is 0 Å². The Balaban J connectivity index is 2.19. The molecule has 0 aliphatic carbocycles. The van der Waals surface area contributed by atoms with E-state index < -0.39 is 31.0 Å². The van der Waals surface area contributed by atoms with Gasteiger partial charge in [0.2, 0.25) is 0 Å². The average molecular weight is 238 g/mol. The van der Waals surface area contributed by atoms with E-state index in [1.54, 1.807) is 0 Å². The van der Waals surface area contributed by atoms with Gasteiger partial charge in [0.1, 0.15) is 30.5 Å². The molecule has 0 aromatic carbocycles. The lowest BCUT2D eigenvalue weighted by atomic mass is 10.0. The normalized spacial score (nSPS) is 27.2. The van der Waals surface area contributed by atoms with E-state index in [2.05, 4.69) is 0 Å². The van der Waals surface area contributed by atoms with Gasteiger partial charge in [-0.05, 0) is 0 Å². The van der Waals surface area contributed by atoms with Crippen LogP contribution in [-0.2, 0) is 9.47 Å². The summed E-state index contributed by atoms with van der Waals surface area (Å²) >= 11 is 0. The standard InChI is InChI=1S/C9H18O7/c10-1-6(11)8(13)9(14)7(12)4-15-2-5-3-16-5/h5-14H,1-4H2. The molecular weight excluding hydrogens is 220 g/mol. The summed E-state index contributed by atoms with van der Waals surface area (Å²) in [5.74, 6) is 0. The molecule has 0 amide bonds. The van der Waals surface area contributed by atoms with Crippen LogP contribution >= 0.6 is 0 Å². The maximum absolute atomic E-state index is 9.40. The predicted molar refractivity (Wildman–Crippen MR) is 51.7 cm³/mol. The highest BCUT2D eigenvalue weighted by Gasteiger charge is 2.30. The molecule has 0 bridgehead atoms. The summed E-state index contributed by atoms with van der Waals surface area (Å²) in [7, 11) is 0. The number of aliphatic hydroxyl groups excluding tert-OH is 5. The number of hydrogen-bond acceptors (Lipinski definition) is 7. The third-order valence-corrected chi connectivity index (χ3v) is 2.32. The van der Waals surface area contributed by atoms with Gasteiger partial charge in [-0.3, -0.25) is 0 Å². The molecule has 5 unspecified atom stereocenters. The molecule has 0 spiro atoms. The summed E-state index contributed by atoms with van der Waals surface area (Å²) in [6.45, 7) is 0.0882. The summed E-state index contributed by atoms with van der Waals surface area (Å²) in [5, 5.41) is 45.6. The van der Waals surface area contributed by atoms with Gasteiger partial charge in [0, 0.05) is 0 Å². The Bertz CT molecular complexity index is 196. The summed E-state index contributed by atoms with van der Waals surface area (Å²) in [6, 6.07) is 0. The maximum atomic E-state index is 9.40. The fourth-order valence-electron chi connectivity index (χ4n) is 1.15. The number of rotatable bonds is 8. The lowest BCUT2D eigenvalue weighted by molar-refractivity contribution is -0.129. The van der Waals surface area contributed by atoms with Crippen LogP contribution in [0.5, 0.6) is 0 Å². The van der Waals surface area contributed by atoms with Crippen LogP contribution in [0, 0.1) is 0 Å². The van der Waals surface area contributed by atoms with E-state index in [1.807, 2.05) is 0 Å². The lowest BCUT2D eigenvalue weighted by Gasteiger charge is -2.25. The number of aliphatic hydroxyl groups is 5. The molecule has 5 N–H and O–H groups in total. The second-order valence-electron chi connectivity index (χ2n) is 3.79. The first-order chi connectivity index (χ1) is 7.56. The molecule has 96 valence electrons. The van der Waals surface area contributed by atoms with Crippen molar-refractivity contribution in [3.05, 3.63) is 0 Å². The van der Waals surface area contributed by atoms with Gasteiger partial charge < -0.3 is 35.0 Å². The molecular formula is C9H18O7. The summed E-state index contributed by atoms with van der Waals surface area (Å²) in [4.78, 5) is 0. The molecule has 1 rings (SSSR count). The molecule has 0 aromatic rings. The average Bonchev–Trinajstić information content (AvgIpc) is 3.09. The Hall–Kier alpha value is -0.280. The SMILES string of the molecule is OCC(O)C(O)C(O)C(O)COCC1CO1. The molecule has 1 aliphatic heterocycles. The first kappa shape index (κ1) is 13.8. The van der Waals surface area contributed by atoms with Crippen molar-refractivity contribution in [2.24, 2.45) is 0 Å². The second kappa shape index (κ2) is 6.45. The van der Waals surface area contributed by atoms with Crippen molar-refractivity contribution in [1.29, 1.82) is 0 Å². The Labute approximate surface area is 92.9 Å². The third-order valence-electron chi connectivity index (χ3n) is 2.32. The Morgan fingerprint density at radius 3 is 2.19 bits per heavy atom. The molecule has 0 radical (unpaired) electrons. The summed E-state index contributed by atoms with van der Waals surface area (Å²) in [6.07, 6.45) is -5.94. The second-order valence-corrected chi connectivity index (χ2v) is 3.79. The molecule has 0 aromatic heterocycles. The minimum Gasteiger partial charge on any atom is -0.394 e. The van der Waals surface area contributed by atoms with Crippen molar-refractivity contribution in [2.75, 3.05) is 26.4 Å². The first-order valence-electron chi connectivity index (χ1n) is 5.08. The molecule has 1 saturated heterocycles. The fraction of sp³-hybridized carbons (Fsp3) is 1.00. The van der Waals surface area contributed by atoms with Crippen LogP contribution in [0.4, 0.5) is 0 Å². The highest BCUT2D eigenvalue weighted by Crippen LogP contribution is 2.10. The van der Waals surface area contributed by atoms with Gasteiger partial charge in [-0.2, -0.15) is 0 Å². The molecule has 7 heteroatoms.